The number of aromatic amines is 1. The molecule has 0 fully saturated rings. The molecule has 0 radical (unpaired) electrons. The number of hydrogen-bond donors (Lipinski definition) is 2. The number of benzene rings is 3. The van der Waals surface area contributed by atoms with Crippen LogP contribution in [0.1, 0.15) is 23.1 Å². The second kappa shape index (κ2) is 13.6. The van der Waals surface area contributed by atoms with E-state index in [9.17, 15) is 4.79 Å². The Morgan fingerprint density at radius 2 is 1.79 bits per heavy atom. The van der Waals surface area contributed by atoms with E-state index in [1.165, 1.54) is 10.5 Å². The molecule has 1 amide bonds. The Bertz CT molecular complexity index is 1390. The number of ether oxygens (including phenoxy) is 1. The molecule has 3 aromatic carbocycles. The van der Waals surface area contributed by atoms with Crippen LogP contribution in [0, 0.1) is 0 Å². The van der Waals surface area contributed by atoms with Gasteiger partial charge in [-0.2, -0.15) is 5.10 Å². The fourth-order valence-corrected chi connectivity index (χ4v) is 4.40. The summed E-state index contributed by atoms with van der Waals surface area (Å²) in [7, 11) is 3.47. The number of likely N-dealkylation sites (N-methyl/N-ethyl adjacent to an activating group) is 1. The monoisotopic (exact) mass is 528 g/mol. The van der Waals surface area contributed by atoms with E-state index < -0.39 is 0 Å². The van der Waals surface area contributed by atoms with Crippen molar-refractivity contribution in [1.82, 2.24) is 20.4 Å². The molecular weight excluding hydrogens is 496 g/mol. The number of H-pyrrole nitrogens is 1. The molecule has 2 N–H and O–H groups in total. The number of alkyl halides is 1. The summed E-state index contributed by atoms with van der Waals surface area (Å²) >= 11 is 6.30. The van der Waals surface area contributed by atoms with E-state index >= 15 is 0 Å². The Hall–Kier alpha value is -3.87. The van der Waals surface area contributed by atoms with Gasteiger partial charge in [0, 0.05) is 44.5 Å². The van der Waals surface area contributed by atoms with Gasteiger partial charge in [-0.15, -0.1) is 11.6 Å². The maximum absolute atomic E-state index is 11.6. The average Bonchev–Trinajstić information content (AvgIpc) is 3.41. The molecule has 0 saturated heterocycles. The predicted molar refractivity (Wildman–Crippen MR) is 156 cm³/mol. The van der Waals surface area contributed by atoms with Crippen molar-refractivity contribution in [3.8, 4) is 5.75 Å². The summed E-state index contributed by atoms with van der Waals surface area (Å²) in [5.41, 5.74) is 6.71. The van der Waals surface area contributed by atoms with E-state index in [-0.39, 0.29) is 5.91 Å². The molecule has 4 aromatic rings. The number of fused-ring (bicyclic) bond motifs is 1. The maximum atomic E-state index is 11.6. The van der Waals surface area contributed by atoms with Crippen LogP contribution in [0.15, 0.2) is 91.1 Å². The van der Waals surface area contributed by atoms with E-state index in [1.807, 2.05) is 30.5 Å². The molecule has 6 nitrogen and oxygen atoms in total. The van der Waals surface area contributed by atoms with Gasteiger partial charge in [0.1, 0.15) is 12.4 Å². The normalized spacial score (nSPS) is 12.1. The number of hydrogen-bond acceptors (Lipinski definition) is 4. The number of aromatic nitrogens is 2. The lowest BCUT2D eigenvalue weighted by atomic mass is 9.88. The van der Waals surface area contributed by atoms with Crippen molar-refractivity contribution in [2.24, 2.45) is 0 Å². The van der Waals surface area contributed by atoms with Crippen LogP contribution >= 0.6 is 11.6 Å². The highest BCUT2D eigenvalue weighted by molar-refractivity contribution is 6.18. The molecule has 0 aliphatic heterocycles. The van der Waals surface area contributed by atoms with Crippen LogP contribution in [0.25, 0.3) is 22.0 Å². The van der Waals surface area contributed by atoms with Crippen LogP contribution in [0.4, 0.5) is 0 Å². The van der Waals surface area contributed by atoms with Crippen molar-refractivity contribution < 1.29 is 9.53 Å². The van der Waals surface area contributed by atoms with Gasteiger partial charge < -0.3 is 15.0 Å². The summed E-state index contributed by atoms with van der Waals surface area (Å²) < 4.78 is 5.94. The SMILES string of the molecule is CN(C)C(=O)/C=C/CNCCOc1ccc(/C(=C(/CCCl)c2ccccc2)c2ccc3[nH]ncc3c2)cc1. The second-order valence-corrected chi connectivity index (χ2v) is 9.42. The van der Waals surface area contributed by atoms with Gasteiger partial charge in [0.05, 0.1) is 11.7 Å². The Morgan fingerprint density at radius 3 is 2.53 bits per heavy atom. The zero-order valence-electron chi connectivity index (χ0n) is 21.8. The van der Waals surface area contributed by atoms with E-state index in [4.69, 9.17) is 16.3 Å². The third kappa shape index (κ3) is 7.12. The van der Waals surface area contributed by atoms with Gasteiger partial charge >= 0.3 is 0 Å². The van der Waals surface area contributed by atoms with Crippen LogP contribution in [-0.4, -0.2) is 60.7 Å². The molecule has 7 heteroatoms. The Kier molecular flexibility index (Phi) is 9.73. The largest absolute Gasteiger partial charge is 0.492 e. The number of nitrogens with zero attached hydrogens (tertiary/aromatic N) is 2. The van der Waals surface area contributed by atoms with Crippen LogP contribution in [0.2, 0.25) is 0 Å². The summed E-state index contributed by atoms with van der Waals surface area (Å²) in [5, 5.41) is 11.5. The van der Waals surface area contributed by atoms with Crippen molar-refractivity contribution in [2.45, 2.75) is 6.42 Å². The Morgan fingerprint density at radius 1 is 1.03 bits per heavy atom. The molecule has 0 bridgehead atoms. The number of halogens is 1. The molecule has 0 spiro atoms. The van der Waals surface area contributed by atoms with Crippen molar-refractivity contribution in [1.29, 1.82) is 0 Å². The van der Waals surface area contributed by atoms with Gasteiger partial charge in [-0.3, -0.25) is 9.89 Å². The molecule has 0 saturated carbocycles. The molecule has 1 aromatic heterocycles. The van der Waals surface area contributed by atoms with Crippen molar-refractivity contribution in [3.63, 3.8) is 0 Å². The van der Waals surface area contributed by atoms with E-state index in [0.717, 1.165) is 45.3 Å². The summed E-state index contributed by atoms with van der Waals surface area (Å²) in [5.74, 6) is 1.30. The minimum absolute atomic E-state index is 0.0253. The lowest BCUT2D eigenvalue weighted by Gasteiger charge is -2.17. The van der Waals surface area contributed by atoms with Crippen LogP contribution in [0.5, 0.6) is 5.75 Å². The molecule has 0 atom stereocenters. The summed E-state index contributed by atoms with van der Waals surface area (Å²) in [4.78, 5) is 13.1. The number of allylic oxidation sites excluding steroid dienone is 1. The molecule has 4 rings (SSSR count). The highest BCUT2D eigenvalue weighted by atomic mass is 35.5. The third-order valence-corrected chi connectivity index (χ3v) is 6.34. The first-order chi connectivity index (χ1) is 18.6. The van der Waals surface area contributed by atoms with Gasteiger partial charge in [0.25, 0.3) is 0 Å². The van der Waals surface area contributed by atoms with E-state index in [2.05, 4.69) is 70.1 Å². The van der Waals surface area contributed by atoms with E-state index in [0.29, 0.717) is 25.6 Å². The first kappa shape index (κ1) is 27.2. The number of carbonyl (C=O) groups excluding carboxylic acids is 1. The van der Waals surface area contributed by atoms with Gasteiger partial charge in [-0.25, -0.2) is 0 Å². The maximum Gasteiger partial charge on any atom is 0.245 e. The van der Waals surface area contributed by atoms with Crippen LogP contribution in [0.3, 0.4) is 0 Å². The van der Waals surface area contributed by atoms with Crippen molar-refractivity contribution in [2.75, 3.05) is 39.7 Å². The van der Waals surface area contributed by atoms with Crippen molar-refractivity contribution >= 4 is 39.6 Å². The Labute approximate surface area is 229 Å². The first-order valence-corrected chi connectivity index (χ1v) is 13.2. The van der Waals surface area contributed by atoms with E-state index in [1.54, 1.807) is 20.2 Å². The van der Waals surface area contributed by atoms with Gasteiger partial charge in [0.15, 0.2) is 0 Å². The fourth-order valence-electron chi connectivity index (χ4n) is 4.21. The molecule has 38 heavy (non-hydrogen) atoms. The molecule has 1 heterocycles. The predicted octanol–water partition coefficient (Wildman–Crippen LogP) is 5.76. The Balaban J connectivity index is 1.53. The minimum atomic E-state index is -0.0253. The zero-order valence-corrected chi connectivity index (χ0v) is 22.5. The standard InChI is InChI=1S/C31H33ClN4O2/c1-36(2)30(37)9-6-18-33-19-20-38-27-13-10-24(11-14-27)31(25-12-15-29-26(21-25)22-34-35-29)28(16-17-32)23-7-4-3-5-8-23/h3-15,21-22,33H,16-20H2,1-2H3,(H,34,35)/b9-6+,31-28+. The fraction of sp³-hybridized carbons (Fsp3) is 0.226. The van der Waals surface area contributed by atoms with Gasteiger partial charge in [0.2, 0.25) is 5.91 Å². The van der Waals surface area contributed by atoms with Crippen molar-refractivity contribution in [3.05, 3.63) is 108 Å². The highest BCUT2D eigenvalue weighted by Gasteiger charge is 2.15. The smallest absolute Gasteiger partial charge is 0.245 e. The highest BCUT2D eigenvalue weighted by Crippen LogP contribution is 2.36. The number of nitrogens with one attached hydrogen (secondary N) is 2. The summed E-state index contributed by atoms with van der Waals surface area (Å²) in [6.45, 7) is 1.81. The summed E-state index contributed by atoms with van der Waals surface area (Å²) in [6.07, 6.45) is 5.97. The molecular formula is C31H33ClN4O2. The van der Waals surface area contributed by atoms with Gasteiger partial charge in [-0.05, 0) is 58.5 Å². The molecule has 196 valence electrons. The quantitative estimate of drug-likeness (QED) is 0.106. The van der Waals surface area contributed by atoms with Crippen LogP contribution in [-0.2, 0) is 4.79 Å². The average molecular weight is 529 g/mol. The number of carbonyl (C=O) groups is 1. The van der Waals surface area contributed by atoms with Crippen LogP contribution < -0.4 is 10.1 Å². The number of amides is 1. The molecule has 0 unspecified atom stereocenters. The van der Waals surface area contributed by atoms with Gasteiger partial charge in [-0.1, -0.05) is 54.6 Å². The third-order valence-electron chi connectivity index (χ3n) is 6.15. The topological polar surface area (TPSA) is 70.2 Å². The summed E-state index contributed by atoms with van der Waals surface area (Å²) in [6, 6.07) is 25.0. The lowest BCUT2D eigenvalue weighted by molar-refractivity contribution is -0.123. The second-order valence-electron chi connectivity index (χ2n) is 9.04. The first-order valence-electron chi connectivity index (χ1n) is 12.7. The molecule has 0 aliphatic carbocycles. The number of rotatable bonds is 12. The molecule has 0 aliphatic rings. The lowest BCUT2D eigenvalue weighted by Crippen LogP contribution is -2.22. The minimum Gasteiger partial charge on any atom is -0.492 e. The zero-order chi connectivity index (χ0) is 26.7.